The fourth-order valence-electron chi connectivity index (χ4n) is 0.864. The van der Waals surface area contributed by atoms with Crippen LogP contribution in [0.5, 0.6) is 0 Å². The lowest BCUT2D eigenvalue weighted by atomic mass is 10.4. The maximum atomic E-state index is 10.7. The predicted octanol–water partition coefficient (Wildman–Crippen LogP) is -0.340. The van der Waals surface area contributed by atoms with Crippen molar-refractivity contribution in [2.24, 2.45) is 0 Å². The van der Waals surface area contributed by atoms with E-state index in [4.69, 9.17) is 10.2 Å². The van der Waals surface area contributed by atoms with Crippen molar-refractivity contribution in [3.05, 3.63) is 0 Å². The molecule has 0 saturated carbocycles. The molecule has 0 fully saturated rings. The molecule has 0 spiro atoms. The number of nitrogens with zero attached hydrogens (tertiary/aromatic N) is 4. The molecule has 78 valence electrons. The van der Waals surface area contributed by atoms with Crippen molar-refractivity contribution in [1.82, 2.24) is 20.5 Å². The molecule has 0 aliphatic carbocycles. The quantitative estimate of drug-likeness (QED) is 0.687. The largest absolute Gasteiger partial charge is 0.401 e. The van der Waals surface area contributed by atoms with Crippen LogP contribution >= 0.6 is 0 Å². The number of nitrogen functional groups attached to an aromatic ring is 1. The molecule has 9 heteroatoms. The number of amides is 1. The van der Waals surface area contributed by atoms with Crippen LogP contribution in [0.25, 0.3) is 11.6 Å². The number of hydrogen-bond acceptors (Lipinski definition) is 8. The summed E-state index contributed by atoms with van der Waals surface area (Å²) >= 11 is 0. The number of rotatable bonds is 2. The number of aromatic nitrogens is 4. The van der Waals surface area contributed by atoms with Gasteiger partial charge in [0.25, 0.3) is 5.89 Å². The fourth-order valence-corrected chi connectivity index (χ4v) is 0.864. The number of nitrogens with two attached hydrogens (primary N) is 1. The molecule has 0 atom stereocenters. The minimum atomic E-state index is -0.323. The Morgan fingerprint density at radius 1 is 1.40 bits per heavy atom. The van der Waals surface area contributed by atoms with Crippen molar-refractivity contribution < 1.29 is 13.8 Å². The van der Waals surface area contributed by atoms with E-state index in [9.17, 15) is 4.79 Å². The molecule has 2 rings (SSSR count). The Hall–Kier alpha value is -2.45. The molecule has 0 aromatic carbocycles. The summed E-state index contributed by atoms with van der Waals surface area (Å²) in [6.07, 6.45) is 0. The van der Waals surface area contributed by atoms with Crippen LogP contribution in [-0.2, 0) is 4.79 Å². The van der Waals surface area contributed by atoms with Crippen LogP contribution in [0.1, 0.15) is 6.92 Å². The molecule has 2 heterocycles. The highest BCUT2D eigenvalue weighted by atomic mass is 16.6. The third-order valence-corrected chi connectivity index (χ3v) is 1.42. The summed E-state index contributed by atoms with van der Waals surface area (Å²) in [6, 6.07) is -0.0418. The van der Waals surface area contributed by atoms with Crippen LogP contribution < -0.4 is 11.1 Å². The van der Waals surface area contributed by atoms with Crippen molar-refractivity contribution >= 4 is 17.7 Å². The predicted molar refractivity (Wildman–Crippen MR) is 46.3 cm³/mol. The zero-order valence-corrected chi connectivity index (χ0v) is 7.59. The summed E-state index contributed by atoms with van der Waals surface area (Å²) < 4.78 is 9.37. The lowest BCUT2D eigenvalue weighted by Gasteiger charge is -1.90. The Morgan fingerprint density at radius 2 is 2.20 bits per heavy atom. The van der Waals surface area contributed by atoms with Crippen LogP contribution in [0, 0.1) is 0 Å². The van der Waals surface area contributed by atoms with Crippen molar-refractivity contribution in [3.8, 4) is 11.6 Å². The molecule has 2 aromatic rings. The van der Waals surface area contributed by atoms with Gasteiger partial charge in [-0.15, -0.1) is 5.10 Å². The first-order chi connectivity index (χ1) is 7.16. The molecule has 0 unspecified atom stereocenters. The smallest absolute Gasteiger partial charge is 0.322 e. The van der Waals surface area contributed by atoms with E-state index in [0.717, 1.165) is 0 Å². The topological polar surface area (TPSA) is 133 Å². The van der Waals surface area contributed by atoms with Crippen molar-refractivity contribution in [3.63, 3.8) is 0 Å². The van der Waals surface area contributed by atoms with Crippen LogP contribution in [0.3, 0.4) is 0 Å². The highest BCUT2D eigenvalue weighted by Crippen LogP contribution is 2.21. The molecule has 1 amide bonds. The van der Waals surface area contributed by atoms with E-state index in [1.165, 1.54) is 6.92 Å². The Morgan fingerprint density at radius 3 is 2.80 bits per heavy atom. The number of carbonyl (C=O) groups excluding carboxylic acids is 1. The van der Waals surface area contributed by atoms with Gasteiger partial charge in [0.2, 0.25) is 17.4 Å². The van der Waals surface area contributed by atoms with Crippen LogP contribution in [-0.4, -0.2) is 26.4 Å². The van der Waals surface area contributed by atoms with Crippen LogP contribution in [0.2, 0.25) is 0 Å². The lowest BCUT2D eigenvalue weighted by Crippen LogP contribution is -2.05. The van der Waals surface area contributed by atoms with Crippen molar-refractivity contribution in [1.29, 1.82) is 0 Å². The molecule has 2 aromatic heterocycles. The normalized spacial score (nSPS) is 10.2. The van der Waals surface area contributed by atoms with Gasteiger partial charge in [-0.3, -0.25) is 10.1 Å². The van der Waals surface area contributed by atoms with Gasteiger partial charge >= 0.3 is 6.01 Å². The molecular weight excluding hydrogens is 204 g/mol. The van der Waals surface area contributed by atoms with Gasteiger partial charge in [0.05, 0.1) is 0 Å². The molecular formula is C6H6N6O3. The molecule has 0 aliphatic heterocycles. The number of nitrogens with one attached hydrogen (secondary N) is 1. The Bertz CT molecular complexity index is 489. The Balaban J connectivity index is 2.28. The molecule has 0 bridgehead atoms. The molecule has 0 saturated heterocycles. The van der Waals surface area contributed by atoms with E-state index in [2.05, 4.69) is 30.5 Å². The minimum Gasteiger partial charge on any atom is -0.401 e. The van der Waals surface area contributed by atoms with Gasteiger partial charge in [0, 0.05) is 6.92 Å². The Kier molecular flexibility index (Phi) is 2.04. The third kappa shape index (κ3) is 1.75. The highest BCUT2D eigenvalue weighted by Gasteiger charge is 2.16. The van der Waals surface area contributed by atoms with Crippen LogP contribution in [0.15, 0.2) is 9.05 Å². The van der Waals surface area contributed by atoms with Gasteiger partial charge in [-0.05, 0) is 10.3 Å². The van der Waals surface area contributed by atoms with Gasteiger partial charge in [-0.2, -0.15) is 0 Å². The number of carbonyl (C=O) groups is 1. The third-order valence-electron chi connectivity index (χ3n) is 1.42. The molecule has 9 nitrogen and oxygen atoms in total. The maximum Gasteiger partial charge on any atom is 0.322 e. The summed E-state index contributed by atoms with van der Waals surface area (Å²) in [4.78, 5) is 10.7. The molecule has 0 aliphatic rings. The SMILES string of the molecule is CC(=O)Nc1nnc(-c2nonc2N)o1. The van der Waals surface area contributed by atoms with E-state index in [-0.39, 0.29) is 29.3 Å². The van der Waals surface area contributed by atoms with E-state index in [1.807, 2.05) is 0 Å². The summed E-state index contributed by atoms with van der Waals surface area (Å²) in [7, 11) is 0. The van der Waals surface area contributed by atoms with Gasteiger partial charge in [0.15, 0.2) is 0 Å². The van der Waals surface area contributed by atoms with Crippen molar-refractivity contribution in [2.45, 2.75) is 6.92 Å². The van der Waals surface area contributed by atoms with Gasteiger partial charge in [-0.25, -0.2) is 4.63 Å². The summed E-state index contributed by atoms with van der Waals surface area (Å²) in [6.45, 7) is 1.32. The molecule has 15 heavy (non-hydrogen) atoms. The number of hydrogen-bond donors (Lipinski definition) is 2. The summed E-state index contributed by atoms with van der Waals surface area (Å²) in [5, 5.41) is 16.2. The monoisotopic (exact) mass is 210 g/mol. The second kappa shape index (κ2) is 3.36. The lowest BCUT2D eigenvalue weighted by molar-refractivity contribution is -0.114. The summed E-state index contributed by atoms with van der Waals surface area (Å²) in [5.74, 6) is -0.262. The number of anilines is 2. The summed E-state index contributed by atoms with van der Waals surface area (Å²) in [5.41, 5.74) is 5.54. The standard InChI is InChI=1S/C6H6N6O3/c1-2(13)8-6-10-9-5(14-6)3-4(7)12-15-11-3/h1H3,(H2,7,12)(H,8,10,13). The van der Waals surface area contributed by atoms with Gasteiger partial charge in [-0.1, -0.05) is 5.10 Å². The first-order valence-corrected chi connectivity index (χ1v) is 3.86. The second-order valence-corrected chi connectivity index (χ2v) is 2.59. The average Bonchev–Trinajstić information content (AvgIpc) is 2.72. The van der Waals surface area contributed by atoms with E-state index < -0.39 is 0 Å². The van der Waals surface area contributed by atoms with E-state index in [0.29, 0.717) is 0 Å². The molecule has 0 radical (unpaired) electrons. The fraction of sp³-hybridized carbons (Fsp3) is 0.167. The second-order valence-electron chi connectivity index (χ2n) is 2.59. The van der Waals surface area contributed by atoms with E-state index >= 15 is 0 Å². The first-order valence-electron chi connectivity index (χ1n) is 3.86. The van der Waals surface area contributed by atoms with Gasteiger partial charge < -0.3 is 10.2 Å². The first kappa shape index (κ1) is 9.12. The van der Waals surface area contributed by atoms with E-state index in [1.54, 1.807) is 0 Å². The zero-order valence-electron chi connectivity index (χ0n) is 7.59. The minimum absolute atomic E-state index is 0.0255. The van der Waals surface area contributed by atoms with Gasteiger partial charge in [0.1, 0.15) is 0 Å². The zero-order chi connectivity index (χ0) is 10.8. The highest BCUT2D eigenvalue weighted by molar-refractivity contribution is 5.86. The molecule has 3 N–H and O–H groups in total. The average molecular weight is 210 g/mol. The van der Waals surface area contributed by atoms with Crippen molar-refractivity contribution in [2.75, 3.05) is 11.1 Å². The maximum absolute atomic E-state index is 10.7. The van der Waals surface area contributed by atoms with Crippen LogP contribution in [0.4, 0.5) is 11.8 Å². The Labute approximate surface area is 82.6 Å².